The summed E-state index contributed by atoms with van der Waals surface area (Å²) >= 11 is 12.5. The van der Waals surface area contributed by atoms with Crippen molar-refractivity contribution < 1.29 is 22.7 Å². The minimum atomic E-state index is -4.28. The predicted molar refractivity (Wildman–Crippen MR) is 111 cm³/mol. The molecule has 0 saturated heterocycles. The highest BCUT2D eigenvalue weighted by Crippen LogP contribution is 2.42. The Labute approximate surface area is 186 Å². The second kappa shape index (κ2) is 9.35. The monoisotopic (exact) mass is 477 g/mol. The maximum Gasteiger partial charge on any atom is 0.389 e. The number of hydrogen-bond donors (Lipinski definition) is 2. The second-order valence-corrected chi connectivity index (χ2v) is 7.72. The summed E-state index contributed by atoms with van der Waals surface area (Å²) in [6, 6.07) is 2.66. The summed E-state index contributed by atoms with van der Waals surface area (Å²) in [4.78, 5) is 22.3. The molecule has 0 saturated carbocycles. The van der Waals surface area contributed by atoms with Gasteiger partial charge in [0.25, 0.3) is 0 Å². The molecular formula is C19H20Cl2F3N5O2. The number of amides is 2. The van der Waals surface area contributed by atoms with Gasteiger partial charge in [-0.3, -0.25) is 0 Å². The summed E-state index contributed by atoms with van der Waals surface area (Å²) in [5.41, 5.74) is 7.74. The van der Waals surface area contributed by atoms with Gasteiger partial charge >= 0.3 is 12.2 Å². The number of anilines is 1. The summed E-state index contributed by atoms with van der Waals surface area (Å²) in [6.07, 6.45) is -5.49. The molecule has 0 unspecified atom stereocenters. The maximum absolute atomic E-state index is 12.4. The third kappa shape index (κ3) is 5.62. The Kier molecular flexibility index (Phi) is 7.00. The molecule has 0 spiro atoms. The first-order chi connectivity index (χ1) is 14.6. The SMILES string of the molecule is CCNC(=O)N1Cc2nc(N)nc(-c3c(Cl)cc(Cl)cc3OCCCC(F)(F)F)c2C1. The van der Waals surface area contributed by atoms with Crippen LogP contribution in [0.3, 0.4) is 0 Å². The van der Waals surface area contributed by atoms with Gasteiger partial charge in [0.15, 0.2) is 0 Å². The summed E-state index contributed by atoms with van der Waals surface area (Å²) < 4.78 is 42.9. The summed E-state index contributed by atoms with van der Waals surface area (Å²) in [7, 11) is 0. The van der Waals surface area contributed by atoms with Crippen molar-refractivity contribution in [2.75, 3.05) is 18.9 Å². The van der Waals surface area contributed by atoms with Crippen LogP contribution in [0.15, 0.2) is 12.1 Å². The third-order valence-electron chi connectivity index (χ3n) is 4.53. The van der Waals surface area contributed by atoms with Crippen molar-refractivity contribution in [1.82, 2.24) is 20.2 Å². The minimum Gasteiger partial charge on any atom is -0.493 e. The van der Waals surface area contributed by atoms with E-state index in [0.29, 0.717) is 29.1 Å². The van der Waals surface area contributed by atoms with Gasteiger partial charge in [-0.2, -0.15) is 13.2 Å². The topological polar surface area (TPSA) is 93.4 Å². The number of benzene rings is 1. The van der Waals surface area contributed by atoms with Crippen molar-refractivity contribution in [3.05, 3.63) is 33.4 Å². The number of carbonyl (C=O) groups excluding carboxylic acids is 1. The van der Waals surface area contributed by atoms with Gasteiger partial charge in [0.05, 0.1) is 41.7 Å². The number of fused-ring (bicyclic) bond motifs is 1. The van der Waals surface area contributed by atoms with Crippen LogP contribution in [-0.2, 0) is 13.1 Å². The van der Waals surface area contributed by atoms with Crippen LogP contribution in [-0.4, -0.2) is 40.2 Å². The molecule has 2 aromatic rings. The number of ether oxygens (including phenoxy) is 1. The van der Waals surface area contributed by atoms with Crippen LogP contribution in [0.4, 0.5) is 23.9 Å². The summed E-state index contributed by atoms with van der Waals surface area (Å²) in [5, 5.41) is 3.16. The lowest BCUT2D eigenvalue weighted by Gasteiger charge is -2.17. The molecule has 0 fully saturated rings. The quantitative estimate of drug-likeness (QED) is 0.582. The number of nitrogens with zero attached hydrogens (tertiary/aromatic N) is 3. The highest BCUT2D eigenvalue weighted by atomic mass is 35.5. The first-order valence-electron chi connectivity index (χ1n) is 9.46. The molecule has 168 valence electrons. The van der Waals surface area contributed by atoms with Crippen molar-refractivity contribution in [2.24, 2.45) is 0 Å². The van der Waals surface area contributed by atoms with Crippen molar-refractivity contribution in [3.8, 4) is 17.0 Å². The average molecular weight is 478 g/mol. The molecule has 1 aromatic heterocycles. The molecular weight excluding hydrogens is 458 g/mol. The van der Waals surface area contributed by atoms with Gasteiger partial charge in [0.1, 0.15) is 5.75 Å². The summed E-state index contributed by atoms with van der Waals surface area (Å²) in [5.74, 6) is 0.150. The number of urea groups is 1. The van der Waals surface area contributed by atoms with E-state index in [-0.39, 0.29) is 53.9 Å². The lowest BCUT2D eigenvalue weighted by atomic mass is 10.0. The molecule has 1 aromatic carbocycles. The Morgan fingerprint density at radius 2 is 2.03 bits per heavy atom. The summed E-state index contributed by atoms with van der Waals surface area (Å²) in [6.45, 7) is 2.51. The van der Waals surface area contributed by atoms with Gasteiger partial charge in [-0.25, -0.2) is 14.8 Å². The van der Waals surface area contributed by atoms with Crippen LogP contribution < -0.4 is 15.8 Å². The molecule has 0 bridgehead atoms. The molecule has 1 aliphatic rings. The number of nitrogen functional groups attached to an aromatic ring is 1. The number of carbonyl (C=O) groups is 1. The second-order valence-electron chi connectivity index (χ2n) is 6.88. The number of rotatable bonds is 6. The standard InChI is InChI=1S/C19H20Cl2F3N5O2/c1-2-26-18(30)29-8-11-13(9-29)27-17(25)28-16(11)15-12(21)6-10(20)7-14(15)31-5-3-4-19(22,23)24/h6-7H,2-5,8-9H2,1H3,(H,26,30)(H2,25,27,28). The van der Waals surface area contributed by atoms with E-state index < -0.39 is 12.6 Å². The van der Waals surface area contributed by atoms with E-state index in [9.17, 15) is 18.0 Å². The predicted octanol–water partition coefficient (Wildman–Crippen LogP) is 4.80. The van der Waals surface area contributed by atoms with Crippen LogP contribution >= 0.6 is 23.2 Å². The molecule has 0 aliphatic carbocycles. The third-order valence-corrected chi connectivity index (χ3v) is 5.05. The van der Waals surface area contributed by atoms with Crippen molar-refractivity contribution in [3.63, 3.8) is 0 Å². The number of halogens is 5. The highest BCUT2D eigenvalue weighted by molar-refractivity contribution is 6.37. The highest BCUT2D eigenvalue weighted by Gasteiger charge is 2.31. The smallest absolute Gasteiger partial charge is 0.389 e. The van der Waals surface area contributed by atoms with Crippen molar-refractivity contribution in [1.29, 1.82) is 0 Å². The van der Waals surface area contributed by atoms with Gasteiger partial charge in [-0.1, -0.05) is 23.2 Å². The van der Waals surface area contributed by atoms with Gasteiger partial charge in [0, 0.05) is 23.6 Å². The van der Waals surface area contributed by atoms with Crippen molar-refractivity contribution in [2.45, 2.75) is 39.0 Å². The number of aromatic nitrogens is 2. The zero-order valence-corrected chi connectivity index (χ0v) is 18.0. The van der Waals surface area contributed by atoms with E-state index in [2.05, 4.69) is 15.3 Å². The molecule has 2 heterocycles. The molecule has 31 heavy (non-hydrogen) atoms. The van der Waals surface area contributed by atoms with Crippen molar-refractivity contribution >= 4 is 35.2 Å². The number of nitrogens with two attached hydrogens (primary N) is 1. The molecule has 0 radical (unpaired) electrons. The van der Waals surface area contributed by atoms with E-state index in [1.54, 1.807) is 11.8 Å². The molecule has 1 aliphatic heterocycles. The minimum absolute atomic E-state index is 0.0273. The van der Waals surface area contributed by atoms with Gasteiger partial charge in [0.2, 0.25) is 5.95 Å². The van der Waals surface area contributed by atoms with Crippen LogP contribution in [0.5, 0.6) is 5.75 Å². The fraction of sp³-hybridized carbons (Fsp3) is 0.421. The van der Waals surface area contributed by atoms with Gasteiger partial charge in [-0.15, -0.1) is 0 Å². The Bertz CT molecular complexity index is 988. The number of alkyl halides is 3. The van der Waals surface area contributed by atoms with Crippen LogP contribution in [0.2, 0.25) is 10.0 Å². The first-order valence-corrected chi connectivity index (χ1v) is 10.2. The van der Waals surface area contributed by atoms with Crippen LogP contribution in [0, 0.1) is 0 Å². The average Bonchev–Trinajstić information content (AvgIpc) is 3.08. The molecule has 7 nitrogen and oxygen atoms in total. The number of nitrogens with one attached hydrogen (secondary N) is 1. The Balaban J connectivity index is 1.96. The molecule has 0 atom stereocenters. The largest absolute Gasteiger partial charge is 0.493 e. The molecule has 3 rings (SSSR count). The lowest BCUT2D eigenvalue weighted by molar-refractivity contribution is -0.136. The van der Waals surface area contributed by atoms with E-state index >= 15 is 0 Å². The van der Waals surface area contributed by atoms with E-state index in [4.69, 9.17) is 33.7 Å². The Morgan fingerprint density at radius 3 is 2.71 bits per heavy atom. The fourth-order valence-corrected chi connectivity index (χ4v) is 3.80. The first kappa shape index (κ1) is 23.2. The fourth-order valence-electron chi connectivity index (χ4n) is 3.24. The van der Waals surface area contributed by atoms with Gasteiger partial charge in [-0.05, 0) is 25.5 Å². The van der Waals surface area contributed by atoms with Crippen LogP contribution in [0.1, 0.15) is 31.0 Å². The maximum atomic E-state index is 12.4. The molecule has 12 heteroatoms. The zero-order chi connectivity index (χ0) is 22.8. The van der Waals surface area contributed by atoms with E-state index in [1.165, 1.54) is 12.1 Å². The molecule has 2 amide bonds. The lowest BCUT2D eigenvalue weighted by Crippen LogP contribution is -2.36. The molecule has 3 N–H and O–H groups in total. The Hall–Kier alpha value is -2.46. The normalized spacial score (nSPS) is 13.3. The number of hydrogen-bond acceptors (Lipinski definition) is 5. The van der Waals surface area contributed by atoms with E-state index in [1.807, 2.05) is 0 Å². The van der Waals surface area contributed by atoms with Crippen LogP contribution in [0.25, 0.3) is 11.3 Å². The van der Waals surface area contributed by atoms with Gasteiger partial charge < -0.3 is 20.7 Å². The zero-order valence-electron chi connectivity index (χ0n) is 16.5. The van der Waals surface area contributed by atoms with E-state index in [0.717, 1.165) is 0 Å². The Morgan fingerprint density at radius 1 is 1.29 bits per heavy atom.